The number of benzene rings is 1. The summed E-state index contributed by atoms with van der Waals surface area (Å²) in [6, 6.07) is 5.86. The average molecular weight is 275 g/mol. The number of carbonyl (C=O) groups excluding carboxylic acids is 1. The van der Waals surface area contributed by atoms with Crippen LogP contribution in [0.15, 0.2) is 31.4 Å². The van der Waals surface area contributed by atoms with Crippen LogP contribution in [0.3, 0.4) is 0 Å². The Labute approximate surface area is 115 Å². The molecule has 0 spiro atoms. The molecule has 0 saturated heterocycles. The second-order valence-corrected chi connectivity index (χ2v) is 2.83. The van der Waals surface area contributed by atoms with Gasteiger partial charge < -0.3 is 10.1 Å². The molecule has 0 atom stereocenters. The second-order valence-electron chi connectivity index (χ2n) is 2.83. The van der Waals surface area contributed by atoms with Gasteiger partial charge in [0.1, 0.15) is 0 Å². The van der Waals surface area contributed by atoms with E-state index in [9.17, 15) is 4.79 Å². The van der Waals surface area contributed by atoms with E-state index in [2.05, 4.69) is 18.5 Å². The van der Waals surface area contributed by atoms with Crippen LogP contribution in [-0.2, 0) is 44.0 Å². The Balaban J connectivity index is 0.00000196. The summed E-state index contributed by atoms with van der Waals surface area (Å²) in [6.45, 7) is 7.91. The summed E-state index contributed by atoms with van der Waals surface area (Å²) in [5.41, 5.74) is 3.08. The largest absolute Gasteiger partial charge is 0.526 e. The average Bonchev–Trinajstić information content (AvgIpc) is 2.25. The van der Waals surface area contributed by atoms with Gasteiger partial charge in [-0.15, -0.1) is 0 Å². The Bertz CT molecular complexity index is 361. The molecule has 0 fully saturated rings. The number of rotatable bonds is 5. The quantitative estimate of drug-likeness (QED) is 0.647. The summed E-state index contributed by atoms with van der Waals surface area (Å²) in [5.74, 6) is 0. The van der Waals surface area contributed by atoms with Crippen LogP contribution in [0.25, 0.3) is 12.2 Å². The van der Waals surface area contributed by atoms with Gasteiger partial charge in [-0.05, 0) is 22.8 Å². The molecule has 1 rings (SSSR count). The Hall–Kier alpha value is -0.726. The maximum absolute atomic E-state index is 9.98. The number of amides is 1. The number of nitrogens with one attached hydrogen (secondary N) is 1. The van der Waals surface area contributed by atoms with Gasteiger partial charge in [0.25, 0.3) is 0 Å². The van der Waals surface area contributed by atoms with Crippen LogP contribution in [0.2, 0.25) is 0 Å². The number of hydrogen-bond donors (Lipinski definition) is 1. The molecule has 3 heteroatoms. The van der Waals surface area contributed by atoms with Crippen LogP contribution < -0.4 is 5.32 Å². The summed E-state index contributed by atoms with van der Waals surface area (Å²) in [7, 11) is 0. The van der Waals surface area contributed by atoms with Crippen LogP contribution in [0.1, 0.15) is 16.7 Å². The molecule has 1 aromatic carbocycles. The Morgan fingerprint density at radius 2 is 1.93 bits per heavy atom. The van der Waals surface area contributed by atoms with E-state index in [4.69, 9.17) is 0 Å². The van der Waals surface area contributed by atoms with Crippen molar-refractivity contribution in [2.24, 2.45) is 0 Å². The Morgan fingerprint density at radius 1 is 1.27 bits per heavy atom. The molecule has 0 aliphatic heterocycles. The van der Waals surface area contributed by atoms with Gasteiger partial charge in [-0.3, -0.25) is 0 Å². The van der Waals surface area contributed by atoms with E-state index in [1.165, 1.54) is 0 Å². The van der Waals surface area contributed by atoms with Crippen molar-refractivity contribution in [3.8, 4) is 0 Å². The molecule has 1 amide bonds. The summed E-state index contributed by atoms with van der Waals surface area (Å²) < 4.78 is 0. The zero-order valence-corrected chi connectivity index (χ0v) is 11.3. The maximum Gasteiger partial charge on any atom is 0.0117 e. The fourth-order valence-corrected chi connectivity index (χ4v) is 1.23. The van der Waals surface area contributed by atoms with Gasteiger partial charge in [-0.2, -0.15) is 6.41 Å². The van der Waals surface area contributed by atoms with Crippen molar-refractivity contribution in [3.05, 3.63) is 48.0 Å². The zero-order chi connectivity index (χ0) is 10.4. The summed E-state index contributed by atoms with van der Waals surface area (Å²) >= 11 is 0. The fourth-order valence-electron chi connectivity index (χ4n) is 1.23. The molecule has 0 aliphatic rings. The maximum atomic E-state index is 9.98. The van der Waals surface area contributed by atoms with E-state index in [1.807, 2.05) is 18.2 Å². The molecular formula is C12H12NOY-. The van der Waals surface area contributed by atoms with Crippen molar-refractivity contribution in [1.82, 2.24) is 5.32 Å². The molecule has 0 heterocycles. The van der Waals surface area contributed by atoms with Crippen molar-refractivity contribution < 1.29 is 37.5 Å². The van der Waals surface area contributed by atoms with Gasteiger partial charge in [0, 0.05) is 39.3 Å². The molecule has 0 aliphatic carbocycles. The van der Waals surface area contributed by atoms with Crippen molar-refractivity contribution in [1.29, 1.82) is 0 Å². The predicted octanol–water partition coefficient (Wildman–Crippen LogP) is 2.13. The molecule has 1 aromatic rings. The van der Waals surface area contributed by atoms with Gasteiger partial charge in [0.15, 0.2) is 0 Å². The molecule has 1 N–H and O–H groups in total. The van der Waals surface area contributed by atoms with E-state index < -0.39 is 0 Å². The van der Waals surface area contributed by atoms with Crippen LogP contribution in [0.5, 0.6) is 0 Å². The van der Waals surface area contributed by atoms with E-state index in [0.29, 0.717) is 6.54 Å². The third kappa shape index (κ3) is 4.10. The number of hydrogen-bond acceptors (Lipinski definition) is 1. The minimum absolute atomic E-state index is 0. The summed E-state index contributed by atoms with van der Waals surface area (Å²) in [6.07, 6.45) is 5.18. The fraction of sp³-hybridized carbons (Fsp3) is 0.0833. The van der Waals surface area contributed by atoms with Gasteiger partial charge in [-0.25, -0.2) is 0 Å². The molecule has 75 valence electrons. The van der Waals surface area contributed by atoms with Crippen molar-refractivity contribution in [2.75, 3.05) is 0 Å². The van der Waals surface area contributed by atoms with E-state index in [-0.39, 0.29) is 32.7 Å². The van der Waals surface area contributed by atoms with E-state index >= 15 is 0 Å². The third-order valence-electron chi connectivity index (χ3n) is 1.96. The molecular weight excluding hydrogens is 263 g/mol. The molecule has 1 radical (unpaired) electrons. The van der Waals surface area contributed by atoms with Crippen LogP contribution in [0, 0.1) is 0 Å². The predicted molar refractivity (Wildman–Crippen MR) is 59.2 cm³/mol. The first-order chi connectivity index (χ1) is 6.81. The van der Waals surface area contributed by atoms with Crippen molar-refractivity contribution in [3.63, 3.8) is 0 Å². The topological polar surface area (TPSA) is 29.1 Å². The van der Waals surface area contributed by atoms with Crippen molar-refractivity contribution >= 4 is 18.6 Å². The van der Waals surface area contributed by atoms with Gasteiger partial charge in [-0.1, -0.05) is 37.4 Å². The van der Waals surface area contributed by atoms with Crippen molar-refractivity contribution in [2.45, 2.75) is 6.54 Å². The standard InChI is InChI=1S/C12H12NO.Y/c1-3-11-6-5-10(8-13-9-14)7-12(11)4-2;/h3-7H,1-2,8H2,(H,13,14);/q-1;. The molecule has 0 bridgehead atoms. The molecule has 2 nitrogen and oxygen atoms in total. The molecule has 0 unspecified atom stereocenters. The normalized spacial score (nSPS) is 8.53. The van der Waals surface area contributed by atoms with Crippen LogP contribution in [-0.4, -0.2) is 6.41 Å². The summed E-state index contributed by atoms with van der Waals surface area (Å²) in [4.78, 5) is 9.98. The monoisotopic (exact) mass is 275 g/mol. The van der Waals surface area contributed by atoms with Gasteiger partial charge in [0.05, 0.1) is 0 Å². The first-order valence-corrected chi connectivity index (χ1v) is 4.29. The first kappa shape index (κ1) is 14.3. The zero-order valence-electron chi connectivity index (χ0n) is 8.49. The van der Waals surface area contributed by atoms with E-state index in [0.717, 1.165) is 16.7 Å². The SMILES string of the molecule is C=Cc1ccc(CN[C-]=O)cc1C=C.[Y]. The second kappa shape index (κ2) is 7.55. The van der Waals surface area contributed by atoms with Crippen LogP contribution >= 0.6 is 0 Å². The first-order valence-electron chi connectivity index (χ1n) is 4.29. The minimum atomic E-state index is 0. The third-order valence-corrected chi connectivity index (χ3v) is 1.96. The smallest absolute Gasteiger partial charge is 0.0117 e. The van der Waals surface area contributed by atoms with Crippen LogP contribution in [0.4, 0.5) is 0 Å². The van der Waals surface area contributed by atoms with Gasteiger partial charge >= 0.3 is 0 Å². The Morgan fingerprint density at radius 3 is 2.47 bits per heavy atom. The molecule has 0 aromatic heterocycles. The van der Waals surface area contributed by atoms with E-state index in [1.54, 1.807) is 18.6 Å². The summed E-state index contributed by atoms with van der Waals surface area (Å²) in [5, 5.41) is 2.49. The Kier molecular flexibility index (Phi) is 7.19. The van der Waals surface area contributed by atoms with Gasteiger partial charge in [0.2, 0.25) is 0 Å². The minimum Gasteiger partial charge on any atom is -0.526 e. The molecule has 15 heavy (non-hydrogen) atoms. The molecule has 0 saturated carbocycles.